The van der Waals surface area contributed by atoms with Gasteiger partial charge in [0.15, 0.2) is 5.69 Å². The maximum atomic E-state index is 12.7. The molecule has 3 aromatic rings. The van der Waals surface area contributed by atoms with E-state index in [1.807, 2.05) is 0 Å². The van der Waals surface area contributed by atoms with Crippen molar-refractivity contribution in [1.29, 1.82) is 0 Å². The Morgan fingerprint density at radius 1 is 1.15 bits per heavy atom. The van der Waals surface area contributed by atoms with Crippen molar-refractivity contribution >= 4 is 22.9 Å². The summed E-state index contributed by atoms with van der Waals surface area (Å²) in [4.78, 5) is 24.4. The molecule has 0 saturated carbocycles. The summed E-state index contributed by atoms with van der Waals surface area (Å²) in [5, 5.41) is 8.30. The minimum Gasteiger partial charge on any atom is -0.267 e. The number of aromatic nitrogens is 2. The molecule has 27 heavy (non-hydrogen) atoms. The quantitative estimate of drug-likeness (QED) is 0.566. The van der Waals surface area contributed by atoms with E-state index in [-0.39, 0.29) is 16.8 Å². The van der Waals surface area contributed by atoms with E-state index < -0.39 is 17.6 Å². The summed E-state index contributed by atoms with van der Waals surface area (Å²) in [5.41, 5.74) is 1.20. The van der Waals surface area contributed by atoms with E-state index in [2.05, 4.69) is 15.6 Å². The van der Waals surface area contributed by atoms with Gasteiger partial charge in [-0.25, -0.2) is 10.1 Å². The number of aryl methyl sites for hydroxylation is 1. The number of nitrogens with zero attached hydrogens (tertiary/aromatic N) is 3. The van der Waals surface area contributed by atoms with Gasteiger partial charge >= 0.3 is 6.18 Å². The molecule has 2 aromatic carbocycles. The summed E-state index contributed by atoms with van der Waals surface area (Å²) in [6.07, 6.45) is -3.37. The monoisotopic (exact) mass is 374 g/mol. The third-order valence-corrected chi connectivity index (χ3v) is 3.77. The van der Waals surface area contributed by atoms with Crippen molar-refractivity contribution in [3.63, 3.8) is 0 Å². The van der Waals surface area contributed by atoms with Crippen molar-refractivity contribution in [2.45, 2.75) is 6.18 Å². The molecule has 3 rings (SSSR count). The van der Waals surface area contributed by atoms with Crippen molar-refractivity contribution < 1.29 is 18.0 Å². The number of alkyl halides is 3. The van der Waals surface area contributed by atoms with Crippen molar-refractivity contribution in [3.05, 3.63) is 75.7 Å². The van der Waals surface area contributed by atoms with Crippen LogP contribution in [0, 0.1) is 0 Å². The molecular weight excluding hydrogens is 361 g/mol. The van der Waals surface area contributed by atoms with Gasteiger partial charge in [-0.05, 0) is 23.8 Å². The number of hydrazone groups is 1. The third kappa shape index (κ3) is 3.86. The van der Waals surface area contributed by atoms with Gasteiger partial charge in [-0.15, -0.1) is 0 Å². The highest BCUT2D eigenvalue weighted by Crippen LogP contribution is 2.29. The van der Waals surface area contributed by atoms with E-state index in [0.717, 1.165) is 23.0 Å². The largest absolute Gasteiger partial charge is 0.416 e. The van der Waals surface area contributed by atoms with Crippen molar-refractivity contribution in [3.8, 4) is 0 Å². The van der Waals surface area contributed by atoms with Gasteiger partial charge < -0.3 is 0 Å². The molecule has 0 radical (unpaired) electrons. The summed E-state index contributed by atoms with van der Waals surface area (Å²) >= 11 is 0. The Morgan fingerprint density at radius 3 is 2.56 bits per heavy atom. The molecule has 0 fully saturated rings. The predicted molar refractivity (Wildman–Crippen MR) is 93.5 cm³/mol. The third-order valence-electron chi connectivity index (χ3n) is 3.77. The molecule has 0 bridgehead atoms. The van der Waals surface area contributed by atoms with Crippen LogP contribution < -0.4 is 11.0 Å². The molecule has 1 amide bonds. The molecule has 0 aliphatic carbocycles. The summed E-state index contributed by atoms with van der Waals surface area (Å²) in [7, 11) is 1.41. The molecule has 0 spiro atoms. The molecule has 9 heteroatoms. The minimum absolute atomic E-state index is 0.0195. The molecule has 0 atom stereocenters. The van der Waals surface area contributed by atoms with Crippen molar-refractivity contribution in [2.75, 3.05) is 0 Å². The van der Waals surface area contributed by atoms with Crippen LogP contribution in [0.4, 0.5) is 13.2 Å². The van der Waals surface area contributed by atoms with E-state index >= 15 is 0 Å². The van der Waals surface area contributed by atoms with Crippen LogP contribution in [0.15, 0.2) is 58.4 Å². The first-order valence-electron chi connectivity index (χ1n) is 7.74. The van der Waals surface area contributed by atoms with E-state index in [1.54, 1.807) is 24.3 Å². The predicted octanol–water partition coefficient (Wildman–Crippen LogP) is 2.72. The van der Waals surface area contributed by atoms with Crippen LogP contribution in [0.5, 0.6) is 0 Å². The summed E-state index contributed by atoms with van der Waals surface area (Å²) in [6.45, 7) is 0. The fraction of sp³-hybridized carbons (Fsp3) is 0.111. The number of amides is 1. The van der Waals surface area contributed by atoms with Gasteiger partial charge in [0.05, 0.1) is 17.2 Å². The van der Waals surface area contributed by atoms with Crippen LogP contribution in [0.1, 0.15) is 21.6 Å². The second-order valence-electron chi connectivity index (χ2n) is 5.65. The Bertz CT molecular complexity index is 1100. The summed E-state index contributed by atoms with van der Waals surface area (Å²) < 4.78 is 39.2. The highest BCUT2D eigenvalue weighted by atomic mass is 19.4. The highest BCUT2D eigenvalue weighted by molar-refractivity contribution is 6.04. The van der Waals surface area contributed by atoms with Gasteiger partial charge in [-0.2, -0.15) is 23.4 Å². The van der Waals surface area contributed by atoms with E-state index in [9.17, 15) is 22.8 Å². The van der Waals surface area contributed by atoms with Gasteiger partial charge in [0.25, 0.3) is 11.5 Å². The standard InChI is InChI=1S/C18H13F3N4O2/c1-25-17(27)14-8-3-2-7-13(14)15(24-25)16(26)23-22-10-11-5-4-6-12(9-11)18(19,20)21/h2-10H,1H3,(H,23,26)/b22-10-. The topological polar surface area (TPSA) is 76.3 Å². The van der Waals surface area contributed by atoms with Gasteiger partial charge in [0, 0.05) is 12.4 Å². The second kappa shape index (κ2) is 7.02. The smallest absolute Gasteiger partial charge is 0.267 e. The lowest BCUT2D eigenvalue weighted by Crippen LogP contribution is -2.27. The van der Waals surface area contributed by atoms with Gasteiger partial charge in [0.1, 0.15) is 0 Å². The Hall–Kier alpha value is -3.49. The lowest BCUT2D eigenvalue weighted by Gasteiger charge is -2.07. The normalized spacial score (nSPS) is 11.9. The SMILES string of the molecule is Cn1nc(C(=O)N/N=C\c2cccc(C(F)(F)F)c2)c2ccccc2c1=O. The minimum atomic E-state index is -4.47. The lowest BCUT2D eigenvalue weighted by atomic mass is 10.1. The van der Waals surface area contributed by atoms with Crippen LogP contribution in [-0.2, 0) is 13.2 Å². The van der Waals surface area contributed by atoms with E-state index in [1.165, 1.54) is 19.2 Å². The fourth-order valence-electron chi connectivity index (χ4n) is 2.48. The number of benzene rings is 2. The molecule has 0 unspecified atom stereocenters. The second-order valence-corrected chi connectivity index (χ2v) is 5.65. The molecule has 1 N–H and O–H groups in total. The van der Waals surface area contributed by atoms with Gasteiger partial charge in [0.2, 0.25) is 0 Å². The number of carbonyl (C=O) groups excluding carboxylic acids is 1. The Morgan fingerprint density at radius 2 is 1.85 bits per heavy atom. The average Bonchev–Trinajstić information content (AvgIpc) is 2.64. The Balaban J connectivity index is 1.85. The summed E-state index contributed by atoms with van der Waals surface area (Å²) in [5.74, 6) is -0.690. The first kappa shape index (κ1) is 18.3. The van der Waals surface area contributed by atoms with E-state index in [0.29, 0.717) is 10.8 Å². The average molecular weight is 374 g/mol. The number of nitrogens with one attached hydrogen (secondary N) is 1. The molecule has 1 heterocycles. The molecule has 138 valence electrons. The maximum Gasteiger partial charge on any atom is 0.416 e. The number of halogens is 3. The van der Waals surface area contributed by atoms with Crippen LogP contribution in [0.3, 0.4) is 0 Å². The molecule has 6 nitrogen and oxygen atoms in total. The van der Waals surface area contributed by atoms with Gasteiger partial charge in [-0.1, -0.05) is 30.3 Å². The highest BCUT2D eigenvalue weighted by Gasteiger charge is 2.30. The van der Waals surface area contributed by atoms with Crippen LogP contribution in [-0.4, -0.2) is 21.9 Å². The maximum absolute atomic E-state index is 12.7. The number of hydrogen-bond donors (Lipinski definition) is 1. The van der Waals surface area contributed by atoms with E-state index in [4.69, 9.17) is 0 Å². The van der Waals surface area contributed by atoms with Crippen LogP contribution >= 0.6 is 0 Å². The number of fused-ring (bicyclic) bond motifs is 1. The fourth-order valence-corrected chi connectivity index (χ4v) is 2.48. The first-order valence-corrected chi connectivity index (χ1v) is 7.74. The number of carbonyl (C=O) groups is 1. The lowest BCUT2D eigenvalue weighted by molar-refractivity contribution is -0.137. The van der Waals surface area contributed by atoms with Crippen molar-refractivity contribution in [1.82, 2.24) is 15.2 Å². The first-order chi connectivity index (χ1) is 12.8. The van der Waals surface area contributed by atoms with Crippen molar-refractivity contribution in [2.24, 2.45) is 12.1 Å². The molecule has 1 aromatic heterocycles. The molecule has 0 saturated heterocycles. The summed E-state index contributed by atoms with van der Waals surface area (Å²) in [6, 6.07) is 11.0. The zero-order valence-corrected chi connectivity index (χ0v) is 14.0. The molecule has 0 aliphatic heterocycles. The van der Waals surface area contributed by atoms with Crippen LogP contribution in [0.25, 0.3) is 10.8 Å². The molecular formula is C18H13F3N4O2. The van der Waals surface area contributed by atoms with Crippen LogP contribution in [0.2, 0.25) is 0 Å². The number of rotatable bonds is 3. The molecule has 0 aliphatic rings. The number of hydrogen-bond acceptors (Lipinski definition) is 4. The Labute approximate surface area is 150 Å². The zero-order chi connectivity index (χ0) is 19.6. The van der Waals surface area contributed by atoms with Gasteiger partial charge in [-0.3, -0.25) is 9.59 Å². The zero-order valence-electron chi connectivity index (χ0n) is 14.0. The Kier molecular flexibility index (Phi) is 4.76.